The molecule has 0 aromatic heterocycles. The lowest BCUT2D eigenvalue weighted by Crippen LogP contribution is -2.51. The first kappa shape index (κ1) is 19.0. The second-order valence-electron chi connectivity index (χ2n) is 5.33. The number of carbonyl (C=O) groups is 1. The van der Waals surface area contributed by atoms with Crippen molar-refractivity contribution in [2.24, 2.45) is 11.8 Å². The van der Waals surface area contributed by atoms with Crippen molar-refractivity contribution in [2.45, 2.75) is 45.1 Å². The molecule has 0 saturated heterocycles. The van der Waals surface area contributed by atoms with Crippen LogP contribution in [0.15, 0.2) is 0 Å². The maximum Gasteiger partial charge on any atom is 0.409 e. The molecule has 0 aromatic rings. The molecule has 20 heavy (non-hydrogen) atoms. The monoisotopic (exact) mass is 309 g/mol. The highest BCUT2D eigenvalue weighted by molar-refractivity contribution is 5.80. The van der Waals surface area contributed by atoms with E-state index in [9.17, 15) is 36.2 Å². The van der Waals surface area contributed by atoms with Gasteiger partial charge < -0.3 is 10.4 Å². The van der Waals surface area contributed by atoms with Gasteiger partial charge in [-0.1, -0.05) is 13.8 Å². The Morgan fingerprint density at radius 2 is 1.50 bits per heavy atom. The van der Waals surface area contributed by atoms with Crippen molar-refractivity contribution >= 4 is 5.91 Å². The number of hydrogen-bond acceptors (Lipinski definition) is 2. The lowest BCUT2D eigenvalue weighted by molar-refractivity contribution is -0.274. The molecule has 0 aliphatic heterocycles. The van der Waals surface area contributed by atoms with Gasteiger partial charge in [0, 0.05) is 6.54 Å². The third-order valence-electron chi connectivity index (χ3n) is 2.41. The van der Waals surface area contributed by atoms with E-state index < -0.39 is 36.3 Å². The fraction of sp³-hybridized carbons (Fsp3) is 0.909. The van der Waals surface area contributed by atoms with Gasteiger partial charge in [-0.05, 0) is 19.3 Å². The van der Waals surface area contributed by atoms with Crippen LogP contribution in [0, 0.1) is 11.8 Å². The molecule has 1 amide bonds. The second kappa shape index (κ2) is 6.19. The van der Waals surface area contributed by atoms with E-state index in [0.29, 0.717) is 0 Å². The number of alkyl halides is 6. The zero-order valence-corrected chi connectivity index (χ0v) is 11.2. The minimum atomic E-state index is -5.73. The molecule has 0 aliphatic carbocycles. The minimum Gasteiger partial charge on any atom is -0.388 e. The third kappa shape index (κ3) is 6.44. The molecule has 3 nitrogen and oxygen atoms in total. The lowest BCUT2D eigenvalue weighted by atomic mass is 9.94. The van der Waals surface area contributed by atoms with Gasteiger partial charge in [-0.15, -0.1) is 0 Å². The van der Waals surface area contributed by atoms with Gasteiger partial charge in [-0.25, -0.2) is 0 Å². The van der Waals surface area contributed by atoms with E-state index >= 15 is 0 Å². The molecule has 0 heterocycles. The Morgan fingerprint density at radius 1 is 1.10 bits per heavy atom. The summed E-state index contributed by atoms with van der Waals surface area (Å²) < 4.78 is 73.5. The highest BCUT2D eigenvalue weighted by Crippen LogP contribution is 2.39. The standard InChI is InChI=1S/C11H17F6NO2/c1-6(2)4-9(3,20)5-18-8(19)7(10(12,13)14)11(15,16)17/h6-7,20H,4-5H2,1-3H3,(H,18,19). The summed E-state index contributed by atoms with van der Waals surface area (Å²) in [5, 5.41) is 11.3. The van der Waals surface area contributed by atoms with Gasteiger partial charge in [0.25, 0.3) is 0 Å². The average Bonchev–Trinajstić information content (AvgIpc) is 2.07. The predicted octanol–water partition coefficient (Wildman–Crippen LogP) is 2.64. The molecular formula is C11H17F6NO2. The SMILES string of the molecule is CC(C)CC(C)(O)CNC(=O)C(C(F)(F)F)C(F)(F)F. The summed E-state index contributed by atoms with van der Waals surface area (Å²) in [6.45, 7) is 3.96. The second-order valence-corrected chi connectivity index (χ2v) is 5.33. The quantitative estimate of drug-likeness (QED) is 0.767. The number of carbonyl (C=O) groups excluding carboxylic acids is 1. The van der Waals surface area contributed by atoms with E-state index in [1.54, 1.807) is 13.8 Å². The summed E-state index contributed by atoms with van der Waals surface area (Å²) >= 11 is 0. The fourth-order valence-electron chi connectivity index (χ4n) is 1.81. The normalized spacial score (nSPS) is 16.4. The molecule has 120 valence electrons. The molecule has 0 saturated carbocycles. The minimum absolute atomic E-state index is 0.0390. The summed E-state index contributed by atoms with van der Waals surface area (Å²) in [6, 6.07) is 0. The van der Waals surface area contributed by atoms with Crippen LogP contribution in [0.2, 0.25) is 0 Å². The summed E-state index contributed by atoms with van der Waals surface area (Å²) in [5.74, 6) is -6.35. The number of aliphatic hydroxyl groups is 1. The highest BCUT2D eigenvalue weighted by atomic mass is 19.4. The molecule has 2 N–H and O–H groups in total. The molecule has 9 heteroatoms. The van der Waals surface area contributed by atoms with Crippen molar-refractivity contribution in [1.29, 1.82) is 0 Å². The molecule has 0 spiro atoms. The highest BCUT2D eigenvalue weighted by Gasteiger charge is 2.61. The van der Waals surface area contributed by atoms with E-state index in [0.717, 1.165) is 0 Å². The zero-order chi connectivity index (χ0) is 16.4. The first-order chi connectivity index (χ1) is 8.67. The Morgan fingerprint density at radius 3 is 1.80 bits per heavy atom. The zero-order valence-electron chi connectivity index (χ0n) is 11.2. The van der Waals surface area contributed by atoms with Gasteiger partial charge in [0.1, 0.15) is 0 Å². The summed E-state index contributed by atoms with van der Waals surface area (Å²) in [6.07, 6.45) is -11.3. The lowest BCUT2D eigenvalue weighted by Gasteiger charge is -2.28. The van der Waals surface area contributed by atoms with Crippen molar-refractivity contribution in [3.05, 3.63) is 0 Å². The van der Waals surface area contributed by atoms with Crippen LogP contribution in [0.1, 0.15) is 27.2 Å². The van der Waals surface area contributed by atoms with E-state index in [4.69, 9.17) is 0 Å². The van der Waals surface area contributed by atoms with Gasteiger partial charge >= 0.3 is 12.4 Å². The molecule has 1 atom stereocenters. The van der Waals surface area contributed by atoms with Gasteiger partial charge in [0.2, 0.25) is 11.8 Å². The molecule has 0 bridgehead atoms. The topological polar surface area (TPSA) is 49.3 Å². The molecule has 1 unspecified atom stereocenters. The molecule has 0 aliphatic rings. The van der Waals surface area contributed by atoms with Crippen LogP contribution in [-0.4, -0.2) is 35.5 Å². The van der Waals surface area contributed by atoms with Crippen molar-refractivity contribution < 1.29 is 36.2 Å². The van der Waals surface area contributed by atoms with E-state index in [-0.39, 0.29) is 12.3 Å². The predicted molar refractivity (Wildman–Crippen MR) is 58.7 cm³/mol. The average molecular weight is 309 g/mol. The summed E-state index contributed by atoms with van der Waals surface area (Å²) in [7, 11) is 0. The molecule has 0 aromatic carbocycles. The summed E-state index contributed by atoms with van der Waals surface area (Å²) in [5.41, 5.74) is -1.58. The Hall–Kier alpha value is -0.990. The van der Waals surface area contributed by atoms with E-state index in [1.165, 1.54) is 12.2 Å². The van der Waals surface area contributed by atoms with Crippen molar-refractivity contribution in [3.8, 4) is 0 Å². The first-order valence-corrected chi connectivity index (χ1v) is 5.80. The van der Waals surface area contributed by atoms with Gasteiger partial charge in [-0.2, -0.15) is 26.3 Å². The molecule has 0 radical (unpaired) electrons. The largest absolute Gasteiger partial charge is 0.409 e. The Labute approximate surface area is 112 Å². The third-order valence-corrected chi connectivity index (χ3v) is 2.41. The van der Waals surface area contributed by atoms with Crippen LogP contribution >= 0.6 is 0 Å². The van der Waals surface area contributed by atoms with Crippen molar-refractivity contribution in [1.82, 2.24) is 5.32 Å². The van der Waals surface area contributed by atoms with Crippen LogP contribution < -0.4 is 5.32 Å². The summed E-state index contributed by atoms with van der Waals surface area (Å²) in [4.78, 5) is 11.1. The Balaban J connectivity index is 4.81. The smallest absolute Gasteiger partial charge is 0.388 e. The maximum atomic E-state index is 12.3. The van der Waals surface area contributed by atoms with Crippen LogP contribution in [-0.2, 0) is 4.79 Å². The Kier molecular flexibility index (Phi) is 5.89. The number of hydrogen-bond donors (Lipinski definition) is 2. The van der Waals surface area contributed by atoms with Crippen molar-refractivity contribution in [2.75, 3.05) is 6.54 Å². The number of halogens is 6. The van der Waals surface area contributed by atoms with Gasteiger partial charge in [0.15, 0.2) is 0 Å². The fourth-order valence-corrected chi connectivity index (χ4v) is 1.81. The van der Waals surface area contributed by atoms with Gasteiger partial charge in [-0.3, -0.25) is 4.79 Å². The number of nitrogens with one attached hydrogen (secondary N) is 1. The molecule has 0 rings (SSSR count). The van der Waals surface area contributed by atoms with Crippen LogP contribution in [0.5, 0.6) is 0 Å². The maximum absolute atomic E-state index is 12.3. The number of rotatable bonds is 5. The van der Waals surface area contributed by atoms with Crippen molar-refractivity contribution in [3.63, 3.8) is 0 Å². The molecular weight excluding hydrogens is 292 g/mol. The first-order valence-electron chi connectivity index (χ1n) is 5.80. The molecule has 0 fully saturated rings. The van der Waals surface area contributed by atoms with Crippen LogP contribution in [0.3, 0.4) is 0 Å². The Bertz CT molecular complexity index is 321. The van der Waals surface area contributed by atoms with Gasteiger partial charge in [0.05, 0.1) is 5.60 Å². The van der Waals surface area contributed by atoms with Crippen LogP contribution in [0.25, 0.3) is 0 Å². The van der Waals surface area contributed by atoms with E-state index in [1.807, 2.05) is 0 Å². The van der Waals surface area contributed by atoms with Crippen LogP contribution in [0.4, 0.5) is 26.3 Å². The van der Waals surface area contributed by atoms with E-state index in [2.05, 4.69) is 0 Å². The number of amides is 1.